The highest BCUT2D eigenvalue weighted by atomic mass is 16.3. The molecule has 19 heavy (non-hydrogen) atoms. The van der Waals surface area contributed by atoms with Crippen LogP contribution in [0.3, 0.4) is 0 Å². The predicted octanol–water partition coefficient (Wildman–Crippen LogP) is 1.55. The second-order valence-electron chi connectivity index (χ2n) is 5.22. The van der Waals surface area contributed by atoms with E-state index >= 15 is 0 Å². The third-order valence-corrected chi connectivity index (χ3v) is 3.49. The number of para-hydroxylation sites is 1. The van der Waals surface area contributed by atoms with Gasteiger partial charge in [0.05, 0.1) is 12.0 Å². The number of aliphatic hydroxyl groups is 1. The minimum atomic E-state index is -0.292. The predicted molar refractivity (Wildman–Crippen MR) is 76.1 cm³/mol. The second-order valence-corrected chi connectivity index (χ2v) is 5.22. The Balaban J connectivity index is 1.79. The number of carbonyl (C=O) groups is 1. The van der Waals surface area contributed by atoms with Gasteiger partial charge in [0.1, 0.15) is 0 Å². The molecule has 4 heteroatoms. The Morgan fingerprint density at radius 1 is 1.53 bits per heavy atom. The molecule has 0 saturated carbocycles. The Morgan fingerprint density at radius 3 is 3.11 bits per heavy atom. The van der Waals surface area contributed by atoms with Crippen LogP contribution in [-0.2, 0) is 11.2 Å². The molecule has 4 nitrogen and oxygen atoms in total. The minimum Gasteiger partial charge on any atom is -0.393 e. The van der Waals surface area contributed by atoms with Crippen molar-refractivity contribution in [1.82, 2.24) is 5.32 Å². The van der Waals surface area contributed by atoms with Gasteiger partial charge in [-0.25, -0.2) is 0 Å². The van der Waals surface area contributed by atoms with Crippen LogP contribution in [0.4, 0.5) is 5.69 Å². The molecule has 1 aromatic rings. The van der Waals surface area contributed by atoms with Gasteiger partial charge in [-0.15, -0.1) is 0 Å². The Labute approximate surface area is 114 Å². The van der Waals surface area contributed by atoms with E-state index in [0.29, 0.717) is 13.1 Å². The summed E-state index contributed by atoms with van der Waals surface area (Å²) in [6.07, 6.45) is 2.05. The lowest BCUT2D eigenvalue weighted by Gasteiger charge is -2.25. The summed E-state index contributed by atoms with van der Waals surface area (Å²) in [4.78, 5) is 12.0. The monoisotopic (exact) mass is 262 g/mol. The molecule has 1 heterocycles. The highest BCUT2D eigenvalue weighted by molar-refractivity contribution is 5.80. The Morgan fingerprint density at radius 2 is 2.32 bits per heavy atom. The zero-order valence-electron chi connectivity index (χ0n) is 11.4. The number of nitrogens with one attached hydrogen (secondary N) is 2. The van der Waals surface area contributed by atoms with E-state index in [0.717, 1.165) is 24.9 Å². The van der Waals surface area contributed by atoms with E-state index in [1.165, 1.54) is 5.56 Å². The number of anilines is 1. The molecule has 1 aliphatic rings. The summed E-state index contributed by atoms with van der Waals surface area (Å²) >= 11 is 0. The topological polar surface area (TPSA) is 61.4 Å². The molecule has 0 fully saturated rings. The fourth-order valence-electron chi connectivity index (χ4n) is 2.38. The van der Waals surface area contributed by atoms with Gasteiger partial charge < -0.3 is 15.7 Å². The van der Waals surface area contributed by atoms with Crippen molar-refractivity contribution in [2.45, 2.75) is 32.3 Å². The van der Waals surface area contributed by atoms with Gasteiger partial charge in [0.25, 0.3) is 0 Å². The van der Waals surface area contributed by atoms with Crippen LogP contribution in [0.15, 0.2) is 24.3 Å². The van der Waals surface area contributed by atoms with E-state index < -0.39 is 0 Å². The number of hydrogen-bond donors (Lipinski definition) is 3. The van der Waals surface area contributed by atoms with Gasteiger partial charge in [0.15, 0.2) is 0 Å². The normalized spacial score (nSPS) is 19.2. The van der Waals surface area contributed by atoms with E-state index in [2.05, 4.69) is 16.7 Å². The van der Waals surface area contributed by atoms with E-state index in [9.17, 15) is 4.79 Å². The van der Waals surface area contributed by atoms with Crippen molar-refractivity contribution in [3.63, 3.8) is 0 Å². The third-order valence-electron chi connectivity index (χ3n) is 3.49. The lowest BCUT2D eigenvalue weighted by atomic mass is 9.93. The maximum absolute atomic E-state index is 12.0. The van der Waals surface area contributed by atoms with Crippen LogP contribution in [0.5, 0.6) is 0 Å². The van der Waals surface area contributed by atoms with Gasteiger partial charge in [-0.3, -0.25) is 4.79 Å². The summed E-state index contributed by atoms with van der Waals surface area (Å²) in [6, 6.07) is 8.12. The molecule has 0 aromatic heterocycles. The number of carbonyl (C=O) groups excluding carboxylic acids is 1. The number of fused-ring (bicyclic) bond motifs is 1. The molecular weight excluding hydrogens is 240 g/mol. The van der Waals surface area contributed by atoms with Crippen LogP contribution in [0, 0.1) is 5.92 Å². The number of benzene rings is 1. The molecule has 3 N–H and O–H groups in total. The Hall–Kier alpha value is -1.55. The van der Waals surface area contributed by atoms with Crippen LogP contribution in [-0.4, -0.2) is 30.2 Å². The van der Waals surface area contributed by atoms with Crippen LogP contribution in [0.2, 0.25) is 0 Å². The van der Waals surface area contributed by atoms with Gasteiger partial charge in [-0.2, -0.15) is 0 Å². The van der Waals surface area contributed by atoms with Crippen molar-refractivity contribution in [3.8, 4) is 0 Å². The number of aliphatic hydroxyl groups excluding tert-OH is 1. The first kappa shape index (κ1) is 13.9. The van der Waals surface area contributed by atoms with Crippen LogP contribution in [0.1, 0.15) is 25.3 Å². The van der Waals surface area contributed by atoms with E-state index in [1.54, 1.807) is 6.92 Å². The summed E-state index contributed by atoms with van der Waals surface area (Å²) < 4.78 is 0. The number of hydrogen-bond acceptors (Lipinski definition) is 3. The van der Waals surface area contributed by atoms with Crippen molar-refractivity contribution in [1.29, 1.82) is 0 Å². The maximum atomic E-state index is 12.0. The third kappa shape index (κ3) is 3.96. The molecule has 2 atom stereocenters. The first-order chi connectivity index (χ1) is 9.16. The highest BCUT2D eigenvalue weighted by Crippen LogP contribution is 2.24. The average molecular weight is 262 g/mol. The molecule has 0 radical (unpaired) electrons. The largest absolute Gasteiger partial charge is 0.393 e. The van der Waals surface area contributed by atoms with Gasteiger partial charge in [0.2, 0.25) is 5.91 Å². The van der Waals surface area contributed by atoms with Crippen molar-refractivity contribution < 1.29 is 9.90 Å². The zero-order chi connectivity index (χ0) is 13.7. The Kier molecular flexibility index (Phi) is 4.80. The van der Waals surface area contributed by atoms with Crippen molar-refractivity contribution in [2.24, 2.45) is 5.92 Å². The van der Waals surface area contributed by atoms with E-state index in [4.69, 9.17) is 5.11 Å². The first-order valence-corrected chi connectivity index (χ1v) is 6.94. The molecule has 1 aromatic carbocycles. The van der Waals surface area contributed by atoms with Crippen molar-refractivity contribution >= 4 is 11.6 Å². The standard InChI is InChI=1S/C15H22N2O2/c1-11(18)5-4-8-16-15(19)13-9-12-6-2-3-7-14(12)17-10-13/h2-3,6-7,11,13,17-18H,4-5,8-10H2,1H3,(H,16,19). The Bertz CT molecular complexity index is 432. The molecule has 0 saturated heterocycles. The fraction of sp³-hybridized carbons (Fsp3) is 0.533. The average Bonchev–Trinajstić information content (AvgIpc) is 2.42. The smallest absolute Gasteiger partial charge is 0.225 e. The summed E-state index contributed by atoms with van der Waals surface area (Å²) in [7, 11) is 0. The molecule has 1 aliphatic heterocycles. The molecule has 2 rings (SSSR count). The lowest BCUT2D eigenvalue weighted by molar-refractivity contribution is -0.124. The van der Waals surface area contributed by atoms with Gasteiger partial charge in [0, 0.05) is 18.8 Å². The molecule has 1 amide bonds. The molecular formula is C15H22N2O2. The fourth-order valence-corrected chi connectivity index (χ4v) is 2.38. The number of amides is 1. The first-order valence-electron chi connectivity index (χ1n) is 6.94. The van der Waals surface area contributed by atoms with Crippen LogP contribution >= 0.6 is 0 Å². The van der Waals surface area contributed by atoms with Crippen LogP contribution < -0.4 is 10.6 Å². The molecule has 0 bridgehead atoms. The van der Waals surface area contributed by atoms with Gasteiger partial charge in [-0.1, -0.05) is 18.2 Å². The van der Waals surface area contributed by atoms with E-state index in [1.807, 2.05) is 18.2 Å². The van der Waals surface area contributed by atoms with E-state index in [-0.39, 0.29) is 17.9 Å². The summed E-state index contributed by atoms with van der Waals surface area (Å²) in [6.45, 7) is 3.10. The summed E-state index contributed by atoms with van der Waals surface area (Å²) in [5, 5.41) is 15.4. The summed E-state index contributed by atoms with van der Waals surface area (Å²) in [5.74, 6) is 0.106. The zero-order valence-corrected chi connectivity index (χ0v) is 11.4. The highest BCUT2D eigenvalue weighted by Gasteiger charge is 2.23. The van der Waals surface area contributed by atoms with Crippen LogP contribution in [0.25, 0.3) is 0 Å². The lowest BCUT2D eigenvalue weighted by Crippen LogP contribution is -2.38. The van der Waals surface area contributed by atoms with Gasteiger partial charge in [-0.05, 0) is 37.8 Å². The van der Waals surface area contributed by atoms with Crippen molar-refractivity contribution in [2.75, 3.05) is 18.4 Å². The van der Waals surface area contributed by atoms with Gasteiger partial charge >= 0.3 is 0 Å². The molecule has 104 valence electrons. The minimum absolute atomic E-state index is 0.00134. The molecule has 0 spiro atoms. The molecule has 0 aliphatic carbocycles. The van der Waals surface area contributed by atoms with Crippen molar-refractivity contribution in [3.05, 3.63) is 29.8 Å². The number of rotatable bonds is 5. The quantitative estimate of drug-likeness (QED) is 0.706. The molecule has 2 unspecified atom stereocenters. The summed E-state index contributed by atoms with van der Waals surface area (Å²) in [5.41, 5.74) is 2.35. The second kappa shape index (κ2) is 6.57. The SMILES string of the molecule is CC(O)CCCNC(=O)C1CNc2ccccc2C1. The maximum Gasteiger partial charge on any atom is 0.225 e.